The number of hydrogen-bond acceptors (Lipinski definition) is 1. The molecule has 0 aromatic heterocycles. The van der Waals surface area contributed by atoms with E-state index in [9.17, 15) is 0 Å². The van der Waals surface area contributed by atoms with Gasteiger partial charge in [-0.25, -0.2) is 0 Å². The first kappa shape index (κ1) is 8.55. The maximum absolute atomic E-state index is 3.56. The molecule has 1 nitrogen and oxygen atoms in total. The molecule has 70 valence electrons. The first-order valence-corrected chi connectivity index (χ1v) is 5.21. The van der Waals surface area contributed by atoms with Crippen LogP contribution in [0.5, 0.6) is 0 Å². The Hall–Kier alpha value is -0.0400. The molecule has 3 atom stereocenters. The SMILES string of the molecule is CN[C@]1(C)C2CCC(C2)C1(C)C. The van der Waals surface area contributed by atoms with E-state index in [1.807, 2.05) is 0 Å². The molecule has 0 saturated heterocycles. The van der Waals surface area contributed by atoms with Crippen molar-refractivity contribution in [3.8, 4) is 0 Å². The standard InChI is InChI=1S/C11H21N/c1-10(2)8-5-6-9(7-8)11(10,3)12-4/h8-9,12H,5-7H2,1-4H3/t8?,9?,11-/m1/s1. The van der Waals surface area contributed by atoms with E-state index in [1.165, 1.54) is 19.3 Å². The normalized spacial score (nSPS) is 50.0. The highest BCUT2D eigenvalue weighted by molar-refractivity contribution is 5.13. The third kappa shape index (κ3) is 0.736. The van der Waals surface area contributed by atoms with Crippen molar-refractivity contribution >= 4 is 0 Å². The average Bonchev–Trinajstić information content (AvgIpc) is 2.55. The van der Waals surface area contributed by atoms with Gasteiger partial charge in [-0.2, -0.15) is 0 Å². The van der Waals surface area contributed by atoms with Gasteiger partial charge in [0.2, 0.25) is 0 Å². The molecule has 0 aliphatic heterocycles. The Balaban J connectivity index is 2.34. The van der Waals surface area contributed by atoms with E-state index in [4.69, 9.17) is 0 Å². The average molecular weight is 167 g/mol. The summed E-state index contributed by atoms with van der Waals surface area (Å²) >= 11 is 0. The first-order valence-electron chi connectivity index (χ1n) is 5.21. The molecular formula is C11H21N. The monoisotopic (exact) mass is 167 g/mol. The molecule has 2 aliphatic carbocycles. The van der Waals surface area contributed by atoms with Crippen LogP contribution in [0.15, 0.2) is 0 Å². The second kappa shape index (κ2) is 2.25. The van der Waals surface area contributed by atoms with Crippen molar-refractivity contribution in [3.05, 3.63) is 0 Å². The fourth-order valence-corrected chi connectivity index (χ4v) is 3.64. The summed E-state index contributed by atoms with van der Waals surface area (Å²) in [4.78, 5) is 0. The Kier molecular flexibility index (Phi) is 1.61. The highest BCUT2D eigenvalue weighted by atomic mass is 15.0. The van der Waals surface area contributed by atoms with Crippen molar-refractivity contribution in [1.29, 1.82) is 0 Å². The van der Waals surface area contributed by atoms with Crippen LogP contribution in [-0.2, 0) is 0 Å². The Morgan fingerprint density at radius 1 is 1.08 bits per heavy atom. The van der Waals surface area contributed by atoms with E-state index in [-0.39, 0.29) is 0 Å². The largest absolute Gasteiger partial charge is 0.314 e. The molecule has 2 bridgehead atoms. The molecule has 1 N–H and O–H groups in total. The van der Waals surface area contributed by atoms with Crippen molar-refractivity contribution in [2.24, 2.45) is 17.3 Å². The van der Waals surface area contributed by atoms with Crippen LogP contribution in [-0.4, -0.2) is 12.6 Å². The lowest BCUT2D eigenvalue weighted by molar-refractivity contribution is 0.0732. The lowest BCUT2D eigenvalue weighted by Crippen LogP contribution is -2.55. The summed E-state index contributed by atoms with van der Waals surface area (Å²) < 4.78 is 0. The summed E-state index contributed by atoms with van der Waals surface area (Å²) in [6.45, 7) is 7.29. The molecule has 2 rings (SSSR count). The second-order valence-electron chi connectivity index (χ2n) is 5.38. The predicted octanol–water partition coefficient (Wildman–Crippen LogP) is 2.42. The van der Waals surface area contributed by atoms with Gasteiger partial charge in [-0.05, 0) is 50.5 Å². The Labute approximate surface area is 75.9 Å². The third-order valence-corrected chi connectivity index (χ3v) is 5.13. The van der Waals surface area contributed by atoms with Gasteiger partial charge in [0.1, 0.15) is 0 Å². The zero-order chi connectivity index (χ0) is 8.98. The lowest BCUT2D eigenvalue weighted by atomic mass is 9.64. The van der Waals surface area contributed by atoms with Gasteiger partial charge in [0.15, 0.2) is 0 Å². The maximum Gasteiger partial charge on any atom is 0.0232 e. The number of rotatable bonds is 1. The zero-order valence-corrected chi connectivity index (χ0v) is 8.78. The van der Waals surface area contributed by atoms with E-state index in [2.05, 4.69) is 33.1 Å². The number of nitrogens with one attached hydrogen (secondary N) is 1. The van der Waals surface area contributed by atoms with Gasteiger partial charge in [0.05, 0.1) is 0 Å². The molecule has 2 fully saturated rings. The van der Waals surface area contributed by atoms with E-state index >= 15 is 0 Å². The zero-order valence-electron chi connectivity index (χ0n) is 8.78. The summed E-state index contributed by atoms with van der Waals surface area (Å²) in [5, 5.41) is 3.56. The van der Waals surface area contributed by atoms with E-state index in [0.29, 0.717) is 11.0 Å². The molecule has 12 heavy (non-hydrogen) atoms. The highest BCUT2D eigenvalue weighted by Crippen LogP contribution is 2.60. The van der Waals surface area contributed by atoms with Gasteiger partial charge >= 0.3 is 0 Å². The molecule has 2 aliphatic rings. The number of hydrogen-bond donors (Lipinski definition) is 1. The minimum atomic E-state index is 0.399. The van der Waals surface area contributed by atoms with Crippen molar-refractivity contribution in [2.45, 2.75) is 45.6 Å². The number of fused-ring (bicyclic) bond motifs is 2. The van der Waals surface area contributed by atoms with Gasteiger partial charge in [-0.1, -0.05) is 13.8 Å². The van der Waals surface area contributed by atoms with Crippen LogP contribution >= 0.6 is 0 Å². The van der Waals surface area contributed by atoms with Gasteiger partial charge in [-0.15, -0.1) is 0 Å². The van der Waals surface area contributed by atoms with Gasteiger partial charge in [0, 0.05) is 5.54 Å². The van der Waals surface area contributed by atoms with Gasteiger partial charge in [-0.3, -0.25) is 0 Å². The molecule has 0 aromatic rings. The Morgan fingerprint density at radius 2 is 1.67 bits per heavy atom. The second-order valence-corrected chi connectivity index (χ2v) is 5.38. The third-order valence-electron chi connectivity index (χ3n) is 5.13. The minimum absolute atomic E-state index is 0.399. The first-order chi connectivity index (χ1) is 5.52. The van der Waals surface area contributed by atoms with E-state index in [1.54, 1.807) is 0 Å². The van der Waals surface area contributed by atoms with Crippen LogP contribution in [0.3, 0.4) is 0 Å². The predicted molar refractivity (Wildman–Crippen MR) is 52.1 cm³/mol. The quantitative estimate of drug-likeness (QED) is 0.632. The van der Waals surface area contributed by atoms with Crippen molar-refractivity contribution in [2.75, 3.05) is 7.05 Å². The fraction of sp³-hybridized carbons (Fsp3) is 1.00. The fourth-order valence-electron chi connectivity index (χ4n) is 3.64. The summed E-state index contributed by atoms with van der Waals surface area (Å²) in [5.41, 5.74) is 0.903. The molecule has 0 aromatic carbocycles. The van der Waals surface area contributed by atoms with Gasteiger partial charge in [0.25, 0.3) is 0 Å². The van der Waals surface area contributed by atoms with E-state index in [0.717, 1.165) is 11.8 Å². The van der Waals surface area contributed by atoms with Crippen LogP contribution in [0.1, 0.15) is 40.0 Å². The summed E-state index contributed by atoms with van der Waals surface area (Å²) in [5.74, 6) is 1.91. The maximum atomic E-state index is 3.56. The molecule has 0 heterocycles. The van der Waals surface area contributed by atoms with Gasteiger partial charge < -0.3 is 5.32 Å². The molecule has 0 amide bonds. The molecule has 2 saturated carbocycles. The minimum Gasteiger partial charge on any atom is -0.314 e. The van der Waals surface area contributed by atoms with Crippen LogP contribution in [0.25, 0.3) is 0 Å². The van der Waals surface area contributed by atoms with Crippen molar-refractivity contribution in [1.82, 2.24) is 5.32 Å². The van der Waals surface area contributed by atoms with Crippen molar-refractivity contribution < 1.29 is 0 Å². The van der Waals surface area contributed by atoms with Crippen LogP contribution in [0.4, 0.5) is 0 Å². The van der Waals surface area contributed by atoms with Crippen LogP contribution in [0.2, 0.25) is 0 Å². The summed E-state index contributed by atoms with van der Waals surface area (Å²) in [7, 11) is 2.13. The topological polar surface area (TPSA) is 12.0 Å². The smallest absolute Gasteiger partial charge is 0.0232 e. The molecule has 1 heteroatoms. The highest BCUT2D eigenvalue weighted by Gasteiger charge is 2.59. The lowest BCUT2D eigenvalue weighted by Gasteiger charge is -2.47. The Morgan fingerprint density at radius 3 is 2.00 bits per heavy atom. The van der Waals surface area contributed by atoms with Crippen LogP contribution < -0.4 is 5.32 Å². The van der Waals surface area contributed by atoms with Crippen LogP contribution in [0, 0.1) is 17.3 Å². The molecular weight excluding hydrogens is 146 g/mol. The molecule has 0 spiro atoms. The molecule has 2 unspecified atom stereocenters. The summed E-state index contributed by atoms with van der Waals surface area (Å²) in [6.07, 6.45) is 4.38. The molecule has 0 radical (unpaired) electrons. The Bertz CT molecular complexity index is 197. The van der Waals surface area contributed by atoms with E-state index < -0.39 is 0 Å². The summed E-state index contributed by atoms with van der Waals surface area (Å²) in [6, 6.07) is 0. The van der Waals surface area contributed by atoms with Crippen molar-refractivity contribution in [3.63, 3.8) is 0 Å².